The summed E-state index contributed by atoms with van der Waals surface area (Å²) in [6.07, 6.45) is 4.63. The van der Waals surface area contributed by atoms with Crippen LogP contribution in [-0.4, -0.2) is 41.0 Å². The van der Waals surface area contributed by atoms with Crippen LogP contribution in [0.25, 0.3) is 10.2 Å². The van der Waals surface area contributed by atoms with Gasteiger partial charge in [-0.3, -0.25) is 4.79 Å². The normalized spacial score (nSPS) is 25.3. The highest BCUT2D eigenvalue weighted by molar-refractivity contribution is 7.22. The standard InChI is InChI=1S/C17H21N3OS/c1-12(21)19-10-4-7-14(19)15-8-5-11-20(15)17-18-13-6-2-3-9-16(13)22-17/h2-3,6,9,14-15H,4-5,7-8,10-11H2,1H3/t14-,15-/m0/s1. The number of carbonyl (C=O) groups excluding carboxylic acids is 1. The number of hydrogen-bond donors (Lipinski definition) is 0. The average Bonchev–Trinajstić information content (AvgIpc) is 3.24. The van der Waals surface area contributed by atoms with Crippen LogP contribution in [0.15, 0.2) is 24.3 Å². The number of likely N-dealkylation sites (tertiary alicyclic amines) is 1. The van der Waals surface area contributed by atoms with E-state index in [1.165, 1.54) is 17.5 Å². The molecule has 3 heterocycles. The van der Waals surface area contributed by atoms with Crippen LogP contribution in [-0.2, 0) is 4.79 Å². The molecule has 22 heavy (non-hydrogen) atoms. The Morgan fingerprint density at radius 1 is 1.18 bits per heavy atom. The van der Waals surface area contributed by atoms with E-state index in [0.717, 1.165) is 36.6 Å². The maximum Gasteiger partial charge on any atom is 0.219 e. The van der Waals surface area contributed by atoms with Gasteiger partial charge < -0.3 is 9.80 Å². The minimum Gasteiger partial charge on any atom is -0.343 e. The fraction of sp³-hybridized carbons (Fsp3) is 0.529. The van der Waals surface area contributed by atoms with Gasteiger partial charge in [-0.05, 0) is 37.8 Å². The summed E-state index contributed by atoms with van der Waals surface area (Å²) in [4.78, 5) is 21.3. The molecule has 2 aliphatic heterocycles. The van der Waals surface area contributed by atoms with Crippen LogP contribution in [0.5, 0.6) is 0 Å². The molecule has 116 valence electrons. The molecule has 0 saturated carbocycles. The summed E-state index contributed by atoms with van der Waals surface area (Å²) in [6, 6.07) is 9.14. The highest BCUT2D eigenvalue weighted by atomic mass is 32.1. The Hall–Kier alpha value is -1.62. The number of hydrogen-bond acceptors (Lipinski definition) is 4. The van der Waals surface area contributed by atoms with Gasteiger partial charge in [-0.2, -0.15) is 0 Å². The van der Waals surface area contributed by atoms with E-state index in [4.69, 9.17) is 4.98 Å². The smallest absolute Gasteiger partial charge is 0.219 e. The zero-order valence-corrected chi connectivity index (χ0v) is 13.7. The second kappa shape index (κ2) is 5.54. The van der Waals surface area contributed by atoms with E-state index in [1.54, 1.807) is 18.3 Å². The Balaban J connectivity index is 1.64. The molecule has 5 heteroatoms. The molecule has 0 N–H and O–H groups in total. The van der Waals surface area contributed by atoms with E-state index in [-0.39, 0.29) is 5.91 Å². The maximum atomic E-state index is 11.9. The molecule has 2 atom stereocenters. The first-order valence-corrected chi connectivity index (χ1v) is 8.95. The molecule has 1 aromatic carbocycles. The molecule has 2 aromatic rings. The maximum absolute atomic E-state index is 11.9. The molecule has 2 fully saturated rings. The number of rotatable bonds is 2. The van der Waals surface area contributed by atoms with Crippen molar-refractivity contribution in [2.24, 2.45) is 0 Å². The third-order valence-corrected chi connectivity index (χ3v) is 6.05. The SMILES string of the molecule is CC(=O)N1CCC[C@H]1[C@@H]1CCCN1c1nc2ccccc2s1. The Bertz CT molecular complexity index is 665. The van der Waals surface area contributed by atoms with Crippen molar-refractivity contribution in [3.05, 3.63) is 24.3 Å². The number of carbonyl (C=O) groups is 1. The number of nitrogens with zero attached hydrogens (tertiary/aromatic N) is 3. The van der Waals surface area contributed by atoms with E-state index < -0.39 is 0 Å². The molecule has 4 nitrogen and oxygen atoms in total. The highest BCUT2D eigenvalue weighted by Gasteiger charge is 2.39. The average molecular weight is 315 g/mol. The molecule has 0 unspecified atom stereocenters. The van der Waals surface area contributed by atoms with Gasteiger partial charge in [0.05, 0.1) is 22.3 Å². The quantitative estimate of drug-likeness (QED) is 0.853. The minimum absolute atomic E-state index is 0.221. The molecular weight excluding hydrogens is 294 g/mol. The van der Waals surface area contributed by atoms with Crippen LogP contribution in [0.3, 0.4) is 0 Å². The third-order valence-electron chi connectivity index (χ3n) is 4.98. The van der Waals surface area contributed by atoms with Gasteiger partial charge in [0.1, 0.15) is 0 Å². The van der Waals surface area contributed by atoms with Crippen LogP contribution in [0, 0.1) is 0 Å². The van der Waals surface area contributed by atoms with E-state index >= 15 is 0 Å². The summed E-state index contributed by atoms with van der Waals surface area (Å²) in [5.74, 6) is 0.221. The Morgan fingerprint density at radius 2 is 1.95 bits per heavy atom. The van der Waals surface area contributed by atoms with Crippen LogP contribution in [0.4, 0.5) is 5.13 Å². The van der Waals surface area contributed by atoms with E-state index in [0.29, 0.717) is 12.1 Å². The zero-order valence-electron chi connectivity index (χ0n) is 12.9. The Morgan fingerprint density at radius 3 is 2.77 bits per heavy atom. The van der Waals surface area contributed by atoms with Gasteiger partial charge in [-0.25, -0.2) is 4.98 Å². The first-order valence-electron chi connectivity index (χ1n) is 8.13. The van der Waals surface area contributed by atoms with Crippen molar-refractivity contribution < 1.29 is 4.79 Å². The fourth-order valence-electron chi connectivity index (χ4n) is 4.00. The van der Waals surface area contributed by atoms with Crippen molar-refractivity contribution in [2.75, 3.05) is 18.0 Å². The number of para-hydroxylation sites is 1. The van der Waals surface area contributed by atoms with Crippen molar-refractivity contribution in [3.63, 3.8) is 0 Å². The largest absolute Gasteiger partial charge is 0.343 e. The highest BCUT2D eigenvalue weighted by Crippen LogP contribution is 2.37. The van der Waals surface area contributed by atoms with E-state index in [1.807, 2.05) is 6.07 Å². The van der Waals surface area contributed by atoms with Crippen molar-refractivity contribution in [1.82, 2.24) is 9.88 Å². The summed E-state index contributed by atoms with van der Waals surface area (Å²) in [5, 5.41) is 1.12. The molecule has 1 amide bonds. The van der Waals surface area contributed by atoms with Gasteiger partial charge in [0.2, 0.25) is 5.91 Å². The van der Waals surface area contributed by atoms with Gasteiger partial charge in [0, 0.05) is 20.0 Å². The zero-order chi connectivity index (χ0) is 15.1. The van der Waals surface area contributed by atoms with Crippen LogP contribution in [0.1, 0.15) is 32.6 Å². The molecule has 0 bridgehead atoms. The van der Waals surface area contributed by atoms with Crippen LogP contribution < -0.4 is 4.90 Å². The summed E-state index contributed by atoms with van der Waals surface area (Å²) >= 11 is 1.78. The van der Waals surface area contributed by atoms with Crippen LogP contribution >= 0.6 is 11.3 Å². The summed E-state index contributed by atoms with van der Waals surface area (Å²) in [7, 11) is 0. The number of amides is 1. The molecule has 4 rings (SSSR count). The van der Waals surface area contributed by atoms with Gasteiger partial charge in [-0.1, -0.05) is 23.5 Å². The molecule has 0 radical (unpaired) electrons. The second-order valence-corrected chi connectivity index (χ2v) is 7.30. The Labute approximate surface area is 134 Å². The topological polar surface area (TPSA) is 36.4 Å². The molecule has 0 aliphatic carbocycles. The molecule has 1 aromatic heterocycles. The predicted octanol–water partition coefficient (Wildman–Crippen LogP) is 3.28. The third kappa shape index (κ3) is 2.28. The monoisotopic (exact) mass is 315 g/mol. The predicted molar refractivity (Wildman–Crippen MR) is 90.4 cm³/mol. The number of fused-ring (bicyclic) bond motifs is 1. The lowest BCUT2D eigenvalue weighted by atomic mass is 10.0. The van der Waals surface area contributed by atoms with E-state index in [9.17, 15) is 4.79 Å². The van der Waals surface area contributed by atoms with Crippen molar-refractivity contribution in [3.8, 4) is 0 Å². The number of benzene rings is 1. The first-order chi connectivity index (χ1) is 10.7. The molecule has 0 spiro atoms. The van der Waals surface area contributed by atoms with Gasteiger partial charge >= 0.3 is 0 Å². The number of aromatic nitrogens is 1. The van der Waals surface area contributed by atoms with Gasteiger partial charge in [0.25, 0.3) is 0 Å². The first kappa shape index (κ1) is 14.0. The molecular formula is C17H21N3OS. The molecule has 2 aliphatic rings. The van der Waals surface area contributed by atoms with Crippen molar-refractivity contribution >= 4 is 32.6 Å². The van der Waals surface area contributed by atoms with E-state index in [2.05, 4.69) is 28.0 Å². The van der Waals surface area contributed by atoms with Crippen molar-refractivity contribution in [1.29, 1.82) is 0 Å². The molecule has 2 saturated heterocycles. The lowest BCUT2D eigenvalue weighted by Gasteiger charge is -2.34. The lowest BCUT2D eigenvalue weighted by Crippen LogP contribution is -2.47. The van der Waals surface area contributed by atoms with Gasteiger partial charge in [-0.15, -0.1) is 0 Å². The van der Waals surface area contributed by atoms with Gasteiger partial charge in [0.15, 0.2) is 5.13 Å². The lowest BCUT2D eigenvalue weighted by molar-refractivity contribution is -0.129. The summed E-state index contributed by atoms with van der Waals surface area (Å²) < 4.78 is 1.25. The van der Waals surface area contributed by atoms with Crippen LogP contribution in [0.2, 0.25) is 0 Å². The van der Waals surface area contributed by atoms with Crippen molar-refractivity contribution in [2.45, 2.75) is 44.7 Å². The second-order valence-electron chi connectivity index (χ2n) is 6.29. The minimum atomic E-state index is 0.221. The summed E-state index contributed by atoms with van der Waals surface area (Å²) in [5.41, 5.74) is 1.09. The Kier molecular flexibility index (Phi) is 3.53. The fourth-order valence-corrected chi connectivity index (χ4v) is 5.05. The summed E-state index contributed by atoms with van der Waals surface area (Å²) in [6.45, 7) is 3.69. The number of anilines is 1. The number of thiazole rings is 1.